The number of nitrogens with one attached hydrogen (secondary N) is 1. The molecule has 1 aromatic rings. The fourth-order valence-corrected chi connectivity index (χ4v) is 1.71. The summed E-state index contributed by atoms with van der Waals surface area (Å²) >= 11 is 0. The van der Waals surface area contributed by atoms with Gasteiger partial charge >= 0.3 is 0 Å². The molecule has 5 heteroatoms. The lowest BCUT2D eigenvalue weighted by molar-refractivity contribution is -0.723. The summed E-state index contributed by atoms with van der Waals surface area (Å²) in [6, 6.07) is 0.434. The maximum Gasteiger partial charge on any atom is 0.255 e. The van der Waals surface area contributed by atoms with Crippen LogP contribution in [-0.4, -0.2) is 11.3 Å². The molecule has 2 rings (SSSR count). The zero-order valence-electron chi connectivity index (χ0n) is 7.40. The Morgan fingerprint density at radius 1 is 1.46 bits per heavy atom. The zero-order valence-corrected chi connectivity index (χ0v) is 7.40. The summed E-state index contributed by atoms with van der Waals surface area (Å²) in [5, 5.41) is 14.2. The molecule has 0 bridgehead atoms. The van der Waals surface area contributed by atoms with Crippen molar-refractivity contribution in [3.63, 3.8) is 0 Å². The average molecular weight is 183 g/mol. The van der Waals surface area contributed by atoms with Crippen molar-refractivity contribution in [2.45, 2.75) is 38.1 Å². The lowest BCUT2D eigenvalue weighted by Gasteiger charge is -2.17. The van der Waals surface area contributed by atoms with Gasteiger partial charge in [-0.3, -0.25) is 0 Å². The van der Waals surface area contributed by atoms with E-state index in [4.69, 9.17) is 0 Å². The molecule has 0 spiro atoms. The van der Waals surface area contributed by atoms with Gasteiger partial charge in [-0.1, -0.05) is 19.3 Å². The highest BCUT2D eigenvalue weighted by Gasteiger charge is 2.17. The smallest absolute Gasteiger partial charge is 0.255 e. The number of hydrogen-bond acceptors (Lipinski definition) is 4. The van der Waals surface area contributed by atoms with Gasteiger partial charge in [0.05, 0.1) is 6.04 Å². The highest BCUT2D eigenvalue weighted by atomic mass is 16.6. The van der Waals surface area contributed by atoms with Crippen LogP contribution in [0.2, 0.25) is 0 Å². The van der Waals surface area contributed by atoms with Gasteiger partial charge in [-0.15, -0.1) is 0 Å². The Hall–Kier alpha value is -1.26. The number of nitrogens with zero attached hydrogens (tertiary/aromatic N) is 2. The first-order valence-electron chi connectivity index (χ1n) is 4.67. The van der Waals surface area contributed by atoms with Crippen LogP contribution >= 0.6 is 0 Å². The second-order valence-corrected chi connectivity index (χ2v) is 3.43. The summed E-state index contributed by atoms with van der Waals surface area (Å²) in [5.41, 5.74) is 3.11. The van der Waals surface area contributed by atoms with Gasteiger partial charge in [-0.25, -0.2) is 0 Å². The first-order valence-corrected chi connectivity index (χ1v) is 4.67. The first-order chi connectivity index (χ1) is 6.34. The average Bonchev–Trinajstić information content (AvgIpc) is 2.53. The summed E-state index contributed by atoms with van der Waals surface area (Å²) in [7, 11) is 0. The zero-order chi connectivity index (χ0) is 9.10. The maximum atomic E-state index is 10.6. The summed E-state index contributed by atoms with van der Waals surface area (Å²) in [5.74, 6) is -0.414. The second kappa shape index (κ2) is 3.64. The lowest BCUT2D eigenvalue weighted by Crippen LogP contribution is -2.51. The van der Waals surface area contributed by atoms with Crippen molar-refractivity contribution in [3.05, 3.63) is 6.20 Å². The molecule has 0 saturated heterocycles. The molecule has 0 aromatic carbocycles. The van der Waals surface area contributed by atoms with Gasteiger partial charge in [-0.05, 0) is 12.8 Å². The van der Waals surface area contributed by atoms with Crippen molar-refractivity contribution >= 4 is 0 Å². The molecule has 1 heterocycles. The molecule has 1 N–H and O–H groups in total. The molecule has 0 amide bonds. The maximum absolute atomic E-state index is 10.6. The van der Waals surface area contributed by atoms with Crippen LogP contribution in [0, 0.1) is 0 Å². The molecule has 0 atom stereocenters. The van der Waals surface area contributed by atoms with Gasteiger partial charge in [0.25, 0.3) is 6.20 Å². The van der Waals surface area contributed by atoms with Crippen molar-refractivity contribution in [1.82, 2.24) is 5.27 Å². The molecule has 1 fully saturated rings. The van der Waals surface area contributed by atoms with Crippen LogP contribution in [0.4, 0.5) is 0 Å². The van der Waals surface area contributed by atoms with E-state index in [0.717, 1.165) is 12.8 Å². The molecular formula is C8H13N3O2. The highest BCUT2D eigenvalue weighted by molar-refractivity contribution is 4.82. The highest BCUT2D eigenvalue weighted by Crippen LogP contribution is 2.17. The summed E-state index contributed by atoms with van der Waals surface area (Å²) in [6.07, 6.45) is 7.42. The van der Waals surface area contributed by atoms with Gasteiger partial charge in [-0.2, -0.15) is 5.43 Å². The SMILES string of the molecule is [O-]c1c[n+](NC2CCCCC2)no1. The summed E-state index contributed by atoms with van der Waals surface area (Å²) < 4.78 is 4.40. The molecule has 1 saturated carbocycles. The Balaban J connectivity index is 1.89. The Morgan fingerprint density at radius 3 is 2.85 bits per heavy atom. The van der Waals surface area contributed by atoms with E-state index in [0.29, 0.717) is 6.04 Å². The van der Waals surface area contributed by atoms with Crippen LogP contribution in [0.1, 0.15) is 32.1 Å². The molecule has 5 nitrogen and oxygen atoms in total. The van der Waals surface area contributed by atoms with Crippen LogP contribution < -0.4 is 15.3 Å². The van der Waals surface area contributed by atoms with Crippen LogP contribution in [0.15, 0.2) is 10.7 Å². The third-order valence-corrected chi connectivity index (χ3v) is 2.37. The summed E-state index contributed by atoms with van der Waals surface area (Å²) in [4.78, 5) is 1.37. The quantitative estimate of drug-likeness (QED) is 0.651. The minimum Gasteiger partial charge on any atom is -0.539 e. The van der Waals surface area contributed by atoms with Crippen molar-refractivity contribution in [2.24, 2.45) is 0 Å². The first kappa shape index (κ1) is 8.34. The van der Waals surface area contributed by atoms with Crippen LogP contribution in [0.25, 0.3) is 0 Å². The van der Waals surface area contributed by atoms with E-state index >= 15 is 0 Å². The van der Waals surface area contributed by atoms with E-state index in [1.807, 2.05) is 0 Å². The fraction of sp³-hybridized carbons (Fsp3) is 0.750. The minimum atomic E-state index is -0.414. The molecule has 0 aliphatic heterocycles. The van der Waals surface area contributed by atoms with Crippen molar-refractivity contribution < 1.29 is 14.4 Å². The van der Waals surface area contributed by atoms with Gasteiger partial charge in [0, 0.05) is 4.79 Å². The van der Waals surface area contributed by atoms with Crippen molar-refractivity contribution in [1.29, 1.82) is 0 Å². The Morgan fingerprint density at radius 2 is 2.23 bits per heavy atom. The fourth-order valence-electron chi connectivity index (χ4n) is 1.71. The van der Waals surface area contributed by atoms with E-state index in [-0.39, 0.29) is 0 Å². The number of rotatable bonds is 2. The Bertz CT molecular complexity index is 268. The second-order valence-electron chi connectivity index (χ2n) is 3.43. The Labute approximate surface area is 76.3 Å². The summed E-state index contributed by atoms with van der Waals surface area (Å²) in [6.45, 7) is 0. The van der Waals surface area contributed by atoms with Crippen LogP contribution in [-0.2, 0) is 0 Å². The molecule has 1 aromatic heterocycles. The van der Waals surface area contributed by atoms with E-state index in [9.17, 15) is 5.11 Å². The molecule has 13 heavy (non-hydrogen) atoms. The van der Waals surface area contributed by atoms with Crippen LogP contribution in [0.3, 0.4) is 0 Å². The monoisotopic (exact) mass is 183 g/mol. The van der Waals surface area contributed by atoms with E-state index in [1.54, 1.807) is 0 Å². The predicted octanol–water partition coefficient (Wildman–Crippen LogP) is -0.0881. The molecule has 1 aliphatic carbocycles. The standard InChI is InChI=1S/C8H13N3O2/c12-8-6-11(10-13-8)9-7-4-2-1-3-5-7/h6-7H,1-5H2,(H-,9,10,12). The van der Waals surface area contributed by atoms with E-state index in [1.165, 1.54) is 30.3 Å². The van der Waals surface area contributed by atoms with E-state index < -0.39 is 5.95 Å². The third kappa shape index (κ3) is 2.11. The van der Waals surface area contributed by atoms with Crippen molar-refractivity contribution in [3.8, 4) is 5.95 Å². The lowest BCUT2D eigenvalue weighted by atomic mass is 9.96. The number of aromatic nitrogens is 2. The van der Waals surface area contributed by atoms with Crippen LogP contribution in [0.5, 0.6) is 5.95 Å². The minimum absolute atomic E-state index is 0.414. The predicted molar refractivity (Wildman–Crippen MR) is 42.4 cm³/mol. The van der Waals surface area contributed by atoms with Gasteiger partial charge in [0.15, 0.2) is 5.95 Å². The number of hydrogen-bond donors (Lipinski definition) is 1. The molecule has 0 radical (unpaired) electrons. The molecular weight excluding hydrogens is 170 g/mol. The molecule has 72 valence electrons. The van der Waals surface area contributed by atoms with E-state index in [2.05, 4.69) is 15.2 Å². The topological polar surface area (TPSA) is 65.0 Å². The van der Waals surface area contributed by atoms with Gasteiger partial charge < -0.3 is 9.63 Å². The van der Waals surface area contributed by atoms with Gasteiger partial charge in [0.1, 0.15) is 5.27 Å². The van der Waals surface area contributed by atoms with Gasteiger partial charge in [0.2, 0.25) is 0 Å². The largest absolute Gasteiger partial charge is 0.539 e. The Kier molecular flexibility index (Phi) is 2.33. The van der Waals surface area contributed by atoms with Crippen molar-refractivity contribution in [2.75, 3.05) is 5.43 Å². The molecule has 1 aliphatic rings. The molecule has 0 unspecified atom stereocenters. The normalized spacial score (nSPS) is 18.8. The third-order valence-electron chi connectivity index (χ3n) is 2.37.